The van der Waals surface area contributed by atoms with Crippen molar-refractivity contribution in [2.24, 2.45) is 0 Å². The molecule has 14 heavy (non-hydrogen) atoms. The van der Waals surface area contributed by atoms with Gasteiger partial charge in [0.2, 0.25) is 0 Å². The van der Waals surface area contributed by atoms with E-state index in [4.69, 9.17) is 0 Å². The summed E-state index contributed by atoms with van der Waals surface area (Å²) in [4.78, 5) is 0. The van der Waals surface area contributed by atoms with Crippen LogP contribution in [0.5, 0.6) is 0 Å². The van der Waals surface area contributed by atoms with Gasteiger partial charge in [-0.3, -0.25) is 0 Å². The molecule has 0 nitrogen and oxygen atoms in total. The van der Waals surface area contributed by atoms with Crippen LogP contribution in [0.1, 0.15) is 26.7 Å². The lowest BCUT2D eigenvalue weighted by Gasteiger charge is -2.04. The average Bonchev–Trinajstić information content (AvgIpc) is 2.74. The minimum absolute atomic E-state index is 1.11. The summed E-state index contributed by atoms with van der Waals surface area (Å²) in [6, 6.07) is 0. The predicted molar refractivity (Wildman–Crippen MR) is 62.1 cm³/mol. The van der Waals surface area contributed by atoms with E-state index < -0.39 is 0 Å². The first-order valence-corrected chi connectivity index (χ1v) is 5.18. The van der Waals surface area contributed by atoms with Crippen LogP contribution in [0.3, 0.4) is 0 Å². The highest BCUT2D eigenvalue weighted by molar-refractivity contribution is 5.50. The molecule has 0 N–H and O–H groups in total. The van der Waals surface area contributed by atoms with Gasteiger partial charge in [0.15, 0.2) is 0 Å². The molecule has 0 heteroatoms. The smallest absolute Gasteiger partial charge is 0.00230 e. The Morgan fingerprint density at radius 3 is 2.36 bits per heavy atom. The van der Waals surface area contributed by atoms with Crippen LogP contribution in [0.25, 0.3) is 0 Å². The van der Waals surface area contributed by atoms with Gasteiger partial charge in [-0.05, 0) is 43.4 Å². The Labute approximate surface area is 86.0 Å². The zero-order valence-electron chi connectivity index (χ0n) is 8.88. The Kier molecular flexibility index (Phi) is 2.53. The van der Waals surface area contributed by atoms with E-state index in [1.807, 2.05) is 0 Å². The van der Waals surface area contributed by atoms with Crippen LogP contribution in [0.2, 0.25) is 0 Å². The zero-order valence-corrected chi connectivity index (χ0v) is 8.88. The molecule has 0 radical (unpaired) electrons. The van der Waals surface area contributed by atoms with Crippen molar-refractivity contribution in [1.29, 1.82) is 0 Å². The molecule has 0 atom stereocenters. The van der Waals surface area contributed by atoms with Gasteiger partial charge in [-0.25, -0.2) is 0 Å². The van der Waals surface area contributed by atoms with Crippen LogP contribution in [0, 0.1) is 0 Å². The molecule has 0 aromatic heterocycles. The van der Waals surface area contributed by atoms with E-state index >= 15 is 0 Å². The van der Waals surface area contributed by atoms with Crippen LogP contribution >= 0.6 is 0 Å². The van der Waals surface area contributed by atoms with Gasteiger partial charge < -0.3 is 0 Å². The maximum absolute atomic E-state index is 2.26. The van der Waals surface area contributed by atoms with E-state index in [1.165, 1.54) is 22.3 Å². The fourth-order valence-electron chi connectivity index (χ4n) is 1.98. The van der Waals surface area contributed by atoms with Crippen LogP contribution in [0.4, 0.5) is 0 Å². The number of hydrogen-bond acceptors (Lipinski definition) is 0. The molecule has 0 saturated heterocycles. The molecule has 0 spiro atoms. The van der Waals surface area contributed by atoms with Crippen molar-refractivity contribution in [3.05, 3.63) is 58.7 Å². The predicted octanol–water partition coefficient (Wildman–Crippen LogP) is 4.10. The van der Waals surface area contributed by atoms with E-state index in [-0.39, 0.29) is 0 Å². The molecule has 0 amide bonds. The standard InChI is InChI=1S/C14H16/c1-3-4-12-6-8-14(10-12)13-7-5-11(2)9-13/h3-8H,9-10H2,1-2H3/b4-3+. The van der Waals surface area contributed by atoms with E-state index in [0.29, 0.717) is 0 Å². The molecule has 0 bridgehead atoms. The summed E-state index contributed by atoms with van der Waals surface area (Å²) in [5.74, 6) is 0. The second-order valence-corrected chi connectivity index (χ2v) is 3.99. The highest BCUT2D eigenvalue weighted by atomic mass is 14.2. The van der Waals surface area contributed by atoms with Gasteiger partial charge in [0.05, 0.1) is 0 Å². The largest absolute Gasteiger partial charge is 0.0874 e. The Balaban J connectivity index is 2.00. The second-order valence-electron chi connectivity index (χ2n) is 3.99. The van der Waals surface area contributed by atoms with Gasteiger partial charge >= 0.3 is 0 Å². The Morgan fingerprint density at radius 1 is 1.00 bits per heavy atom. The van der Waals surface area contributed by atoms with Crippen molar-refractivity contribution in [2.75, 3.05) is 0 Å². The van der Waals surface area contributed by atoms with E-state index in [0.717, 1.165) is 12.8 Å². The summed E-state index contributed by atoms with van der Waals surface area (Å²) >= 11 is 0. The molecule has 0 unspecified atom stereocenters. The Morgan fingerprint density at radius 2 is 1.71 bits per heavy atom. The van der Waals surface area contributed by atoms with Crippen molar-refractivity contribution in [1.82, 2.24) is 0 Å². The molecule has 0 heterocycles. The molecule has 72 valence electrons. The summed E-state index contributed by atoms with van der Waals surface area (Å²) in [6.07, 6.45) is 15.5. The molecule has 0 aliphatic heterocycles. The van der Waals surface area contributed by atoms with Gasteiger partial charge in [0, 0.05) is 0 Å². The highest BCUT2D eigenvalue weighted by Crippen LogP contribution is 2.32. The minimum Gasteiger partial charge on any atom is -0.0874 e. The van der Waals surface area contributed by atoms with Gasteiger partial charge in [0.25, 0.3) is 0 Å². The fraction of sp³-hybridized carbons (Fsp3) is 0.286. The SMILES string of the molecule is C/C=C/C1=CC=C(C2=CC=C(C)C2)C1. The quantitative estimate of drug-likeness (QED) is 0.606. The highest BCUT2D eigenvalue weighted by Gasteiger charge is 2.13. The number of rotatable bonds is 2. The first-order valence-electron chi connectivity index (χ1n) is 5.18. The van der Waals surface area contributed by atoms with Crippen molar-refractivity contribution in [2.45, 2.75) is 26.7 Å². The van der Waals surface area contributed by atoms with Crippen molar-refractivity contribution < 1.29 is 0 Å². The number of allylic oxidation sites excluding steroid dienone is 10. The molecule has 2 aliphatic carbocycles. The lowest BCUT2D eigenvalue weighted by atomic mass is 10.0. The molecular weight excluding hydrogens is 168 g/mol. The van der Waals surface area contributed by atoms with Crippen LogP contribution in [-0.2, 0) is 0 Å². The second kappa shape index (κ2) is 3.83. The van der Waals surface area contributed by atoms with Crippen LogP contribution in [0.15, 0.2) is 58.7 Å². The minimum atomic E-state index is 1.11. The van der Waals surface area contributed by atoms with Gasteiger partial charge in [-0.15, -0.1) is 0 Å². The maximum atomic E-state index is 2.26. The maximum Gasteiger partial charge on any atom is -0.00230 e. The van der Waals surface area contributed by atoms with Gasteiger partial charge in [-0.1, -0.05) is 42.0 Å². The third kappa shape index (κ3) is 1.79. The van der Waals surface area contributed by atoms with Crippen LogP contribution in [-0.4, -0.2) is 0 Å². The molecule has 0 aromatic rings. The van der Waals surface area contributed by atoms with Crippen molar-refractivity contribution >= 4 is 0 Å². The summed E-state index contributed by atoms with van der Waals surface area (Å²) in [5, 5.41) is 0. The molecule has 0 saturated carbocycles. The zero-order chi connectivity index (χ0) is 9.97. The average molecular weight is 184 g/mol. The van der Waals surface area contributed by atoms with Crippen LogP contribution < -0.4 is 0 Å². The molecule has 2 aliphatic rings. The van der Waals surface area contributed by atoms with Crippen molar-refractivity contribution in [3.63, 3.8) is 0 Å². The van der Waals surface area contributed by atoms with E-state index in [2.05, 4.69) is 50.3 Å². The summed E-state index contributed by atoms with van der Waals surface area (Å²) in [5.41, 5.74) is 5.89. The van der Waals surface area contributed by atoms with Gasteiger partial charge in [0.1, 0.15) is 0 Å². The lowest BCUT2D eigenvalue weighted by molar-refractivity contribution is 1.10. The van der Waals surface area contributed by atoms with Crippen molar-refractivity contribution in [3.8, 4) is 0 Å². The first-order chi connectivity index (χ1) is 6.79. The molecule has 0 aromatic carbocycles. The molecular formula is C14H16. The monoisotopic (exact) mass is 184 g/mol. The van der Waals surface area contributed by atoms with E-state index in [9.17, 15) is 0 Å². The number of hydrogen-bond donors (Lipinski definition) is 0. The van der Waals surface area contributed by atoms with Gasteiger partial charge in [-0.2, -0.15) is 0 Å². The molecule has 2 rings (SSSR count). The summed E-state index contributed by atoms with van der Waals surface area (Å²) < 4.78 is 0. The first kappa shape index (κ1) is 9.26. The topological polar surface area (TPSA) is 0 Å². The summed E-state index contributed by atoms with van der Waals surface area (Å²) in [7, 11) is 0. The normalized spacial score (nSPS) is 21.0. The third-order valence-corrected chi connectivity index (χ3v) is 2.72. The summed E-state index contributed by atoms with van der Waals surface area (Å²) in [6.45, 7) is 4.26. The Hall–Kier alpha value is -1.30. The molecule has 0 fully saturated rings. The fourth-order valence-corrected chi connectivity index (χ4v) is 1.98. The third-order valence-electron chi connectivity index (χ3n) is 2.72. The lowest BCUT2D eigenvalue weighted by Crippen LogP contribution is -1.85. The van der Waals surface area contributed by atoms with E-state index in [1.54, 1.807) is 0 Å². The Bertz CT molecular complexity index is 384.